The molecule has 0 saturated carbocycles. The average Bonchev–Trinajstić information content (AvgIpc) is 3.94. The Hall–Kier alpha value is -5.94. The number of piperidine rings is 1. The molecule has 1 unspecified atom stereocenters. The molecule has 0 radical (unpaired) electrons. The summed E-state index contributed by atoms with van der Waals surface area (Å²) >= 11 is 1.62. The number of piperazine rings is 1. The molecule has 9 rings (SSSR count). The van der Waals surface area contributed by atoms with Crippen molar-refractivity contribution in [3.05, 3.63) is 89.3 Å². The summed E-state index contributed by atoms with van der Waals surface area (Å²) in [5, 5.41) is 11.7. The summed E-state index contributed by atoms with van der Waals surface area (Å²) in [6, 6.07) is 11.6. The van der Waals surface area contributed by atoms with Crippen LogP contribution >= 0.6 is 11.3 Å². The maximum absolute atomic E-state index is 14.4. The molecule has 4 aliphatic rings. The summed E-state index contributed by atoms with van der Waals surface area (Å²) < 4.78 is 20.7. The van der Waals surface area contributed by atoms with Crippen molar-refractivity contribution in [1.82, 2.24) is 40.1 Å². The standard InChI is InChI=1S/C40H42FN11O4S/c1-23-36(26-16-34(37(42)43-18-26)56-24(2)31-17-28(41)3-6-32(31)52-44-9-10-45-52)57-40(46-23)49-13-11-48(12-14-49)19-25-20-50(21-25)29-4-5-30-27(15-29)22-51(39(30)55)33-7-8-35(53)47-38(33)54/h3-6,9-10,15-18,24-25,33H,7-8,11-14,19-22H2,1-2H3,(H2,42,43)(H,47,53,54)/t24-,33?/m0/s1. The normalized spacial score (nSPS) is 19.5. The van der Waals surface area contributed by atoms with Crippen LogP contribution in [0.5, 0.6) is 5.75 Å². The van der Waals surface area contributed by atoms with Crippen LogP contribution in [0.2, 0.25) is 0 Å². The molecule has 0 aliphatic carbocycles. The molecule has 17 heteroatoms. The van der Waals surface area contributed by atoms with Gasteiger partial charge in [0.15, 0.2) is 16.7 Å². The lowest BCUT2D eigenvalue weighted by atomic mass is 9.97. The van der Waals surface area contributed by atoms with Crippen LogP contribution in [0.4, 0.5) is 21.0 Å². The Morgan fingerprint density at radius 3 is 2.58 bits per heavy atom. The van der Waals surface area contributed by atoms with Crippen LogP contribution in [-0.2, 0) is 16.1 Å². The van der Waals surface area contributed by atoms with Crippen molar-refractivity contribution in [3.63, 3.8) is 0 Å². The van der Waals surface area contributed by atoms with Crippen LogP contribution in [0.1, 0.15) is 53.0 Å². The number of imide groups is 1. The second kappa shape index (κ2) is 14.9. The predicted octanol–water partition coefficient (Wildman–Crippen LogP) is 3.97. The quantitative estimate of drug-likeness (QED) is 0.196. The Morgan fingerprint density at radius 2 is 1.81 bits per heavy atom. The van der Waals surface area contributed by atoms with Gasteiger partial charge in [0.05, 0.1) is 28.7 Å². The lowest BCUT2D eigenvalue weighted by molar-refractivity contribution is -0.136. The van der Waals surface area contributed by atoms with Gasteiger partial charge in [-0.2, -0.15) is 15.0 Å². The Labute approximate surface area is 332 Å². The zero-order valence-electron chi connectivity index (χ0n) is 31.6. The summed E-state index contributed by atoms with van der Waals surface area (Å²) in [6.45, 7) is 10.7. The minimum absolute atomic E-state index is 0.148. The molecule has 0 spiro atoms. The zero-order chi connectivity index (χ0) is 39.4. The van der Waals surface area contributed by atoms with Gasteiger partial charge in [0, 0.05) is 93.3 Å². The van der Waals surface area contributed by atoms with Crippen molar-refractivity contribution in [1.29, 1.82) is 0 Å². The smallest absolute Gasteiger partial charge is 0.255 e. The van der Waals surface area contributed by atoms with Crippen molar-refractivity contribution in [2.75, 3.05) is 61.3 Å². The van der Waals surface area contributed by atoms with E-state index in [2.05, 4.69) is 41.3 Å². The van der Waals surface area contributed by atoms with Crippen molar-refractivity contribution in [3.8, 4) is 21.9 Å². The van der Waals surface area contributed by atoms with Gasteiger partial charge in [0.1, 0.15) is 18.0 Å². The molecule has 0 bridgehead atoms. The predicted molar refractivity (Wildman–Crippen MR) is 212 cm³/mol. The van der Waals surface area contributed by atoms with Gasteiger partial charge >= 0.3 is 0 Å². The van der Waals surface area contributed by atoms with Gasteiger partial charge in [0.2, 0.25) is 11.8 Å². The number of nitrogens with zero attached hydrogens (tertiary/aromatic N) is 9. The fourth-order valence-electron chi connectivity index (χ4n) is 8.23. The van der Waals surface area contributed by atoms with E-state index in [0.717, 1.165) is 78.3 Å². The van der Waals surface area contributed by atoms with Gasteiger partial charge in [-0.3, -0.25) is 24.6 Å². The second-order valence-electron chi connectivity index (χ2n) is 15.1. The molecule has 3 fully saturated rings. The summed E-state index contributed by atoms with van der Waals surface area (Å²) in [4.78, 5) is 57.8. The van der Waals surface area contributed by atoms with E-state index in [1.807, 2.05) is 32.0 Å². The topological polar surface area (TPSA) is 168 Å². The number of fused-ring (bicyclic) bond motifs is 1. The number of halogens is 1. The number of thiazole rings is 1. The van der Waals surface area contributed by atoms with Crippen molar-refractivity contribution >= 4 is 45.7 Å². The molecular weight excluding hydrogens is 750 g/mol. The number of nitrogens with two attached hydrogens (primary N) is 1. The number of amides is 3. The minimum Gasteiger partial charge on any atom is -0.482 e. The number of hydrogen-bond acceptors (Lipinski definition) is 13. The Kier molecular flexibility index (Phi) is 9.56. The zero-order valence-corrected chi connectivity index (χ0v) is 32.4. The molecule has 3 amide bonds. The van der Waals surface area contributed by atoms with Crippen LogP contribution in [0, 0.1) is 18.7 Å². The molecular formula is C40H42FN11O4S. The van der Waals surface area contributed by atoms with Gasteiger partial charge < -0.3 is 25.2 Å². The molecule has 7 heterocycles. The third-order valence-electron chi connectivity index (χ3n) is 11.3. The van der Waals surface area contributed by atoms with E-state index < -0.39 is 23.9 Å². The number of aromatic nitrogens is 5. The van der Waals surface area contributed by atoms with Gasteiger partial charge in [-0.15, -0.1) is 0 Å². The van der Waals surface area contributed by atoms with Crippen molar-refractivity contribution in [2.45, 2.75) is 45.4 Å². The molecule has 57 heavy (non-hydrogen) atoms. The highest BCUT2D eigenvalue weighted by Gasteiger charge is 2.40. The first-order chi connectivity index (χ1) is 27.6. The van der Waals surface area contributed by atoms with Crippen LogP contribution in [0.3, 0.4) is 0 Å². The molecule has 2 aromatic carbocycles. The summed E-state index contributed by atoms with van der Waals surface area (Å²) in [5.41, 5.74) is 11.8. The molecule has 294 valence electrons. The van der Waals surface area contributed by atoms with Gasteiger partial charge in [-0.25, -0.2) is 14.4 Å². The third kappa shape index (κ3) is 7.16. The van der Waals surface area contributed by atoms with E-state index in [1.54, 1.807) is 40.9 Å². The van der Waals surface area contributed by atoms with E-state index in [0.29, 0.717) is 41.4 Å². The Balaban J connectivity index is 0.785. The molecule has 3 N–H and O–H groups in total. The number of rotatable bonds is 10. The summed E-state index contributed by atoms with van der Waals surface area (Å²) in [6.07, 6.45) is 4.88. The fraction of sp³-hybridized carbons (Fsp3) is 0.375. The highest BCUT2D eigenvalue weighted by atomic mass is 32.1. The van der Waals surface area contributed by atoms with Crippen molar-refractivity contribution in [2.24, 2.45) is 5.92 Å². The molecule has 4 aliphatic heterocycles. The molecule has 5 aromatic rings. The number of pyridine rings is 1. The highest BCUT2D eigenvalue weighted by Crippen LogP contribution is 2.39. The average molecular weight is 792 g/mol. The first-order valence-corrected chi connectivity index (χ1v) is 20.0. The maximum Gasteiger partial charge on any atom is 0.255 e. The van der Waals surface area contributed by atoms with Crippen LogP contribution in [-0.4, -0.2) is 104 Å². The SMILES string of the molecule is Cc1nc(N2CCN(CC3CN(c4ccc5c(c4)CN(C4CCC(=O)NC4=O)C5=O)C3)CC2)sc1-c1cnc(N)c(O[C@@H](C)c2cc(F)ccc2-n2nccn2)c1. The third-order valence-corrected chi connectivity index (χ3v) is 12.6. The van der Waals surface area contributed by atoms with Gasteiger partial charge in [-0.05, 0) is 68.3 Å². The summed E-state index contributed by atoms with van der Waals surface area (Å²) in [7, 11) is 0. The molecule has 15 nitrogen and oxygen atoms in total. The maximum atomic E-state index is 14.4. The van der Waals surface area contributed by atoms with Gasteiger partial charge in [-0.1, -0.05) is 11.3 Å². The van der Waals surface area contributed by atoms with Crippen molar-refractivity contribution < 1.29 is 23.5 Å². The van der Waals surface area contributed by atoms with E-state index in [1.165, 1.54) is 16.9 Å². The van der Waals surface area contributed by atoms with E-state index in [4.69, 9.17) is 15.5 Å². The van der Waals surface area contributed by atoms with E-state index >= 15 is 0 Å². The van der Waals surface area contributed by atoms with Crippen LogP contribution in [0.15, 0.2) is 61.1 Å². The number of nitrogen functional groups attached to an aromatic ring is 1. The first kappa shape index (κ1) is 36.7. The number of carbonyl (C=O) groups is 3. The van der Waals surface area contributed by atoms with Crippen LogP contribution < -0.4 is 25.6 Å². The van der Waals surface area contributed by atoms with E-state index in [-0.39, 0.29) is 24.1 Å². The lowest BCUT2D eigenvalue weighted by Crippen LogP contribution is -2.55. The summed E-state index contributed by atoms with van der Waals surface area (Å²) in [5.74, 6) is -0.0465. The monoisotopic (exact) mass is 791 g/mol. The number of benzene rings is 2. The number of aryl methyl sites for hydroxylation is 1. The number of hydrogen-bond donors (Lipinski definition) is 2. The minimum atomic E-state index is -0.609. The fourth-order valence-corrected chi connectivity index (χ4v) is 9.33. The second-order valence-corrected chi connectivity index (χ2v) is 16.1. The number of nitrogens with one attached hydrogen (secondary N) is 1. The number of carbonyl (C=O) groups excluding carboxylic acids is 3. The highest BCUT2D eigenvalue weighted by molar-refractivity contribution is 7.19. The first-order valence-electron chi connectivity index (χ1n) is 19.1. The number of anilines is 3. The molecule has 2 atom stereocenters. The molecule has 3 saturated heterocycles. The largest absolute Gasteiger partial charge is 0.482 e. The Bertz CT molecular complexity index is 2360. The molecule has 3 aromatic heterocycles. The van der Waals surface area contributed by atoms with Gasteiger partial charge in [0.25, 0.3) is 5.91 Å². The van der Waals surface area contributed by atoms with Crippen LogP contribution in [0.25, 0.3) is 16.1 Å². The Morgan fingerprint density at radius 1 is 1.02 bits per heavy atom. The number of ether oxygens (including phenoxy) is 1. The lowest BCUT2D eigenvalue weighted by Gasteiger charge is -2.45. The van der Waals surface area contributed by atoms with E-state index in [9.17, 15) is 18.8 Å².